The van der Waals surface area contributed by atoms with Crippen LogP contribution in [0.5, 0.6) is 0 Å². The predicted molar refractivity (Wildman–Crippen MR) is 124 cm³/mol. The molecule has 0 aromatic rings. The number of carbonyl (C=O) groups excluding carboxylic acids is 2. The summed E-state index contributed by atoms with van der Waals surface area (Å²) in [7, 11) is 0. The van der Waals surface area contributed by atoms with Crippen molar-refractivity contribution in [2.75, 3.05) is 19.8 Å². The van der Waals surface area contributed by atoms with E-state index in [2.05, 4.69) is 10.6 Å². The van der Waals surface area contributed by atoms with Gasteiger partial charge in [-0.15, -0.1) is 0 Å². The fourth-order valence-corrected chi connectivity index (χ4v) is 4.76. The van der Waals surface area contributed by atoms with Crippen LogP contribution in [0.25, 0.3) is 0 Å². The van der Waals surface area contributed by atoms with Crippen molar-refractivity contribution in [1.82, 2.24) is 10.6 Å². The standard InChI is InChI=1S/C22H38N2O16/c1-6(27)23-11-15(31)14(30)10(37-20(11)35)5-36-21-12(24-7(2)28)16(32)19(9(4-26)39-21)40-22-18(34)17(33)13(29)8(3-25)38-22/h8-22,25-26,29-35H,3-5H2,1-2H3,(H,23,27)(H,24,28)/t8-,9-,10-,11-,12-,13+,14+,15-,16-,17+,18-,19-,20+,21-,22+/m1/s1. The van der Waals surface area contributed by atoms with Gasteiger partial charge in [0, 0.05) is 13.8 Å². The summed E-state index contributed by atoms with van der Waals surface area (Å²) in [6.45, 7) is 0.168. The van der Waals surface area contributed by atoms with Gasteiger partial charge >= 0.3 is 0 Å². The van der Waals surface area contributed by atoms with Gasteiger partial charge in [0.1, 0.15) is 73.1 Å². The number of aliphatic hydroxyl groups is 9. The van der Waals surface area contributed by atoms with Gasteiger partial charge in [-0.2, -0.15) is 0 Å². The fraction of sp³-hybridized carbons (Fsp3) is 0.909. The summed E-state index contributed by atoms with van der Waals surface area (Å²) in [5.74, 6) is -1.24. The molecule has 3 heterocycles. The quantitative estimate of drug-likeness (QED) is 0.120. The van der Waals surface area contributed by atoms with E-state index in [4.69, 9.17) is 23.7 Å². The number of hydrogen-bond acceptors (Lipinski definition) is 16. The highest BCUT2D eigenvalue weighted by atomic mass is 16.7. The largest absolute Gasteiger partial charge is 0.394 e. The fourth-order valence-electron chi connectivity index (χ4n) is 4.76. The van der Waals surface area contributed by atoms with Gasteiger partial charge in [0.2, 0.25) is 11.8 Å². The first-order chi connectivity index (χ1) is 18.8. The van der Waals surface area contributed by atoms with E-state index < -0.39 is 124 Å². The third kappa shape index (κ3) is 7.23. The highest BCUT2D eigenvalue weighted by molar-refractivity contribution is 5.73. The third-order valence-corrected chi connectivity index (χ3v) is 6.88. The van der Waals surface area contributed by atoms with E-state index in [1.165, 1.54) is 0 Å². The van der Waals surface area contributed by atoms with Gasteiger partial charge in [0.25, 0.3) is 0 Å². The van der Waals surface area contributed by atoms with Crippen LogP contribution in [0.15, 0.2) is 0 Å². The first-order valence-corrected chi connectivity index (χ1v) is 12.6. The number of nitrogens with one attached hydrogen (secondary N) is 2. The molecule has 0 aliphatic carbocycles. The zero-order valence-corrected chi connectivity index (χ0v) is 21.7. The highest BCUT2D eigenvalue weighted by Crippen LogP contribution is 2.30. The van der Waals surface area contributed by atoms with Gasteiger partial charge in [-0.05, 0) is 0 Å². The zero-order chi connectivity index (χ0) is 29.9. The molecule has 0 aromatic carbocycles. The van der Waals surface area contributed by atoms with Crippen LogP contribution >= 0.6 is 0 Å². The molecular weight excluding hydrogens is 548 g/mol. The molecule has 2 amide bonds. The molecule has 3 aliphatic heterocycles. The molecule has 3 aliphatic rings. The zero-order valence-electron chi connectivity index (χ0n) is 21.7. The lowest BCUT2D eigenvalue weighted by Crippen LogP contribution is -2.68. The smallest absolute Gasteiger partial charge is 0.217 e. The number of carbonyl (C=O) groups is 2. The van der Waals surface area contributed by atoms with Crippen molar-refractivity contribution >= 4 is 11.8 Å². The van der Waals surface area contributed by atoms with Gasteiger partial charge in [0.05, 0.1) is 19.8 Å². The van der Waals surface area contributed by atoms with Gasteiger partial charge in [-0.1, -0.05) is 0 Å². The van der Waals surface area contributed by atoms with E-state index in [-0.39, 0.29) is 0 Å². The Bertz CT molecular complexity index is 852. The molecular formula is C22H38N2O16. The molecule has 0 bridgehead atoms. The summed E-state index contributed by atoms with van der Waals surface area (Å²) < 4.78 is 27.4. The topological polar surface area (TPSA) is 286 Å². The Hall–Kier alpha value is -1.62. The van der Waals surface area contributed by atoms with Crippen molar-refractivity contribution in [2.24, 2.45) is 0 Å². The summed E-state index contributed by atoms with van der Waals surface area (Å²) in [4.78, 5) is 23.2. The second-order valence-electron chi connectivity index (χ2n) is 9.85. The molecule has 40 heavy (non-hydrogen) atoms. The van der Waals surface area contributed by atoms with E-state index in [0.717, 1.165) is 13.8 Å². The maximum Gasteiger partial charge on any atom is 0.217 e. The minimum atomic E-state index is -1.83. The summed E-state index contributed by atoms with van der Waals surface area (Å²) >= 11 is 0. The van der Waals surface area contributed by atoms with Crippen molar-refractivity contribution in [3.63, 3.8) is 0 Å². The van der Waals surface area contributed by atoms with Crippen LogP contribution in [0.1, 0.15) is 13.8 Å². The van der Waals surface area contributed by atoms with Crippen LogP contribution in [-0.4, -0.2) is 170 Å². The SMILES string of the molecule is CC(=O)N[C@@H]1[C@@H](O)[C@@H](O)[C@@H](CO[C@@H]2O[C@H](CO)[C@@H](O[C@@H]3O[C@H](CO)[C@H](O)[C@H](O)[C@H]3O)[C@H](O)[C@H]2NC(C)=O)O[C@@H]1O. The summed E-state index contributed by atoms with van der Waals surface area (Å²) in [6.07, 6.45) is -20.8. The van der Waals surface area contributed by atoms with Crippen LogP contribution in [0, 0.1) is 0 Å². The van der Waals surface area contributed by atoms with Crippen LogP contribution in [0.3, 0.4) is 0 Å². The van der Waals surface area contributed by atoms with Crippen molar-refractivity contribution in [3.05, 3.63) is 0 Å². The second-order valence-corrected chi connectivity index (χ2v) is 9.85. The van der Waals surface area contributed by atoms with E-state index in [0.29, 0.717) is 0 Å². The second kappa shape index (κ2) is 14.0. The lowest BCUT2D eigenvalue weighted by Gasteiger charge is -2.47. The van der Waals surface area contributed by atoms with Crippen LogP contribution in [0.2, 0.25) is 0 Å². The van der Waals surface area contributed by atoms with Crippen LogP contribution in [-0.2, 0) is 33.3 Å². The molecule has 232 valence electrons. The minimum absolute atomic E-state index is 0.564. The Balaban J connectivity index is 1.73. The van der Waals surface area contributed by atoms with Crippen molar-refractivity contribution in [2.45, 2.75) is 106 Å². The number of ether oxygens (including phenoxy) is 5. The Morgan fingerprint density at radius 2 is 1.20 bits per heavy atom. The Kier molecular flexibility index (Phi) is 11.5. The lowest BCUT2D eigenvalue weighted by atomic mass is 9.95. The Labute approximate surface area is 228 Å². The molecule has 18 nitrogen and oxygen atoms in total. The monoisotopic (exact) mass is 586 g/mol. The first-order valence-electron chi connectivity index (χ1n) is 12.6. The van der Waals surface area contributed by atoms with Crippen LogP contribution in [0.4, 0.5) is 0 Å². The number of aliphatic hydroxyl groups excluding tert-OH is 9. The van der Waals surface area contributed by atoms with Gasteiger partial charge < -0.3 is 80.3 Å². The molecule has 18 heteroatoms. The molecule has 3 saturated heterocycles. The third-order valence-electron chi connectivity index (χ3n) is 6.88. The average molecular weight is 587 g/mol. The highest BCUT2D eigenvalue weighted by Gasteiger charge is 2.52. The molecule has 0 unspecified atom stereocenters. The van der Waals surface area contributed by atoms with Gasteiger partial charge in [-0.25, -0.2) is 0 Å². The molecule has 3 fully saturated rings. The van der Waals surface area contributed by atoms with Gasteiger partial charge in [-0.3, -0.25) is 9.59 Å². The lowest BCUT2D eigenvalue weighted by molar-refractivity contribution is -0.351. The summed E-state index contributed by atoms with van der Waals surface area (Å²) in [5, 5.41) is 96.3. The molecule has 0 aromatic heterocycles. The minimum Gasteiger partial charge on any atom is -0.394 e. The Morgan fingerprint density at radius 3 is 1.77 bits per heavy atom. The molecule has 3 rings (SSSR count). The molecule has 0 radical (unpaired) electrons. The maximum atomic E-state index is 11.9. The summed E-state index contributed by atoms with van der Waals surface area (Å²) in [5.41, 5.74) is 0. The predicted octanol–water partition coefficient (Wildman–Crippen LogP) is -7.29. The van der Waals surface area contributed by atoms with Crippen molar-refractivity contribution in [1.29, 1.82) is 0 Å². The summed E-state index contributed by atoms with van der Waals surface area (Å²) in [6, 6.07) is -2.72. The van der Waals surface area contributed by atoms with Crippen molar-refractivity contribution in [3.8, 4) is 0 Å². The normalized spacial score (nSPS) is 46.0. The maximum absolute atomic E-state index is 11.9. The van der Waals surface area contributed by atoms with E-state index >= 15 is 0 Å². The van der Waals surface area contributed by atoms with Gasteiger partial charge in [0.15, 0.2) is 18.9 Å². The number of hydrogen-bond donors (Lipinski definition) is 11. The number of rotatable bonds is 9. The number of amides is 2. The molecule has 0 saturated carbocycles. The van der Waals surface area contributed by atoms with E-state index in [1.54, 1.807) is 0 Å². The molecule has 11 N–H and O–H groups in total. The van der Waals surface area contributed by atoms with E-state index in [9.17, 15) is 55.5 Å². The average Bonchev–Trinajstić information content (AvgIpc) is 2.90. The first kappa shape index (κ1) is 32.9. The molecule has 0 spiro atoms. The van der Waals surface area contributed by atoms with Crippen LogP contribution < -0.4 is 10.6 Å². The van der Waals surface area contributed by atoms with E-state index in [1.807, 2.05) is 0 Å². The Morgan fingerprint density at radius 1 is 0.650 bits per heavy atom. The molecule has 15 atom stereocenters. The van der Waals surface area contributed by atoms with Crippen molar-refractivity contribution < 1.29 is 79.2 Å².